The molecule has 0 bridgehead atoms. The molecule has 2 aromatic carbocycles. The van der Waals surface area contributed by atoms with Crippen LogP contribution in [0.1, 0.15) is 75.6 Å². The number of carbonyl (C=O) groups is 2. The van der Waals surface area contributed by atoms with Crippen molar-refractivity contribution in [3.8, 4) is 17.2 Å². The highest BCUT2D eigenvalue weighted by Crippen LogP contribution is 2.35. The third-order valence-corrected chi connectivity index (χ3v) is 5.51. The van der Waals surface area contributed by atoms with Gasteiger partial charge in [-0.25, -0.2) is 9.59 Å². The molecule has 3 rings (SSSR count). The van der Waals surface area contributed by atoms with E-state index in [1.165, 1.54) is 38.5 Å². The third kappa shape index (κ3) is 7.70. The van der Waals surface area contributed by atoms with Crippen molar-refractivity contribution in [3.05, 3.63) is 64.5 Å². The molecule has 0 atom stereocenters. The molecule has 0 amide bonds. The van der Waals surface area contributed by atoms with Gasteiger partial charge in [0, 0.05) is 13.0 Å². The summed E-state index contributed by atoms with van der Waals surface area (Å²) >= 11 is 0. The highest BCUT2D eigenvalue weighted by Gasteiger charge is 2.23. The number of hydrogen-bond donors (Lipinski definition) is 0. The van der Waals surface area contributed by atoms with E-state index < -0.39 is 23.3 Å². The van der Waals surface area contributed by atoms with Crippen molar-refractivity contribution in [1.82, 2.24) is 0 Å². The van der Waals surface area contributed by atoms with Crippen LogP contribution in [0.4, 0.5) is 0 Å². The predicted octanol–water partition coefficient (Wildman–Crippen LogP) is 6.46. The Morgan fingerprint density at radius 3 is 2.20 bits per heavy atom. The Bertz CT molecular complexity index is 1180. The summed E-state index contributed by atoms with van der Waals surface area (Å²) in [5.74, 6) is -1.54. The van der Waals surface area contributed by atoms with Crippen LogP contribution in [0.15, 0.2) is 57.7 Å². The van der Waals surface area contributed by atoms with Gasteiger partial charge in [0.05, 0.1) is 17.6 Å². The largest absolute Gasteiger partial charge is 0.493 e. The quantitative estimate of drug-likeness (QED) is 0.157. The van der Waals surface area contributed by atoms with Crippen LogP contribution in [0.5, 0.6) is 17.2 Å². The minimum atomic E-state index is -0.927. The number of esters is 2. The molecular weight excluding hydrogens is 448 g/mol. The highest BCUT2D eigenvalue weighted by atomic mass is 16.6. The van der Waals surface area contributed by atoms with Gasteiger partial charge in [-0.05, 0) is 30.7 Å². The van der Waals surface area contributed by atoms with E-state index in [-0.39, 0.29) is 16.9 Å². The lowest BCUT2D eigenvalue weighted by Crippen LogP contribution is -2.16. The summed E-state index contributed by atoms with van der Waals surface area (Å²) in [6.07, 6.45) is 9.60. The summed E-state index contributed by atoms with van der Waals surface area (Å²) in [4.78, 5) is 36.8. The number of unbranched alkanes of at least 4 members (excludes halogenated alkanes) is 7. The molecule has 7 nitrogen and oxygen atoms in total. The Morgan fingerprint density at radius 2 is 1.51 bits per heavy atom. The molecule has 0 N–H and O–H groups in total. The molecule has 35 heavy (non-hydrogen) atoms. The van der Waals surface area contributed by atoms with Crippen molar-refractivity contribution in [3.63, 3.8) is 0 Å². The van der Waals surface area contributed by atoms with E-state index >= 15 is 0 Å². The predicted molar refractivity (Wildman–Crippen MR) is 133 cm³/mol. The van der Waals surface area contributed by atoms with Crippen molar-refractivity contribution in [2.45, 2.75) is 65.2 Å². The molecule has 0 radical (unpaired) electrons. The van der Waals surface area contributed by atoms with Gasteiger partial charge in [-0.3, -0.25) is 4.79 Å². The van der Waals surface area contributed by atoms with Gasteiger partial charge in [-0.15, -0.1) is 0 Å². The molecule has 7 heteroatoms. The van der Waals surface area contributed by atoms with E-state index in [1.54, 1.807) is 48.5 Å². The van der Waals surface area contributed by atoms with Crippen molar-refractivity contribution in [2.75, 3.05) is 6.61 Å². The maximum Gasteiger partial charge on any atom is 0.383 e. The average Bonchev–Trinajstić information content (AvgIpc) is 2.85. The molecule has 186 valence electrons. The standard InChI is InChI=1S/C28H32O7/c1-3-4-5-6-7-8-9-13-18-32-22-16-17-23-24(19-22)34-28(31)26(33-20(2)29)25(23)35-27(30)21-14-11-10-12-15-21/h10-12,14-17,19H,3-9,13,18H2,1-2H3. The fourth-order valence-electron chi connectivity index (χ4n) is 3.71. The van der Waals surface area contributed by atoms with E-state index in [9.17, 15) is 14.4 Å². The average molecular weight is 481 g/mol. The molecule has 0 aliphatic carbocycles. The molecule has 0 fully saturated rings. The lowest BCUT2D eigenvalue weighted by Gasteiger charge is -2.12. The first-order valence-corrected chi connectivity index (χ1v) is 12.2. The summed E-state index contributed by atoms with van der Waals surface area (Å²) < 4.78 is 21.7. The minimum Gasteiger partial charge on any atom is -0.493 e. The summed E-state index contributed by atoms with van der Waals surface area (Å²) in [7, 11) is 0. The summed E-state index contributed by atoms with van der Waals surface area (Å²) in [5.41, 5.74) is -0.480. The Morgan fingerprint density at radius 1 is 0.829 bits per heavy atom. The van der Waals surface area contributed by atoms with Gasteiger partial charge < -0.3 is 18.6 Å². The zero-order chi connectivity index (χ0) is 25.0. The fourth-order valence-corrected chi connectivity index (χ4v) is 3.71. The van der Waals surface area contributed by atoms with E-state index in [4.69, 9.17) is 18.6 Å². The van der Waals surface area contributed by atoms with Gasteiger partial charge in [-0.2, -0.15) is 0 Å². The molecule has 0 saturated heterocycles. The Balaban J connectivity index is 1.72. The smallest absolute Gasteiger partial charge is 0.383 e. The van der Waals surface area contributed by atoms with Crippen molar-refractivity contribution in [1.29, 1.82) is 0 Å². The SMILES string of the molecule is CCCCCCCCCCOc1ccc2c(OC(=O)c3ccccc3)c(OC(C)=O)c(=O)oc2c1. The molecule has 3 aromatic rings. The van der Waals surface area contributed by atoms with Crippen LogP contribution >= 0.6 is 0 Å². The molecule has 1 heterocycles. The minimum absolute atomic E-state index is 0.162. The van der Waals surface area contributed by atoms with Gasteiger partial charge in [-0.1, -0.05) is 70.1 Å². The van der Waals surface area contributed by atoms with Crippen LogP contribution in [0, 0.1) is 0 Å². The second-order valence-corrected chi connectivity index (χ2v) is 8.38. The van der Waals surface area contributed by atoms with Crippen LogP contribution in [-0.4, -0.2) is 18.5 Å². The first kappa shape index (κ1) is 26.0. The number of hydrogen-bond acceptors (Lipinski definition) is 7. The number of benzene rings is 2. The van der Waals surface area contributed by atoms with Crippen LogP contribution in [0.25, 0.3) is 11.0 Å². The molecule has 1 aromatic heterocycles. The molecule has 0 spiro atoms. The Labute approximate surface area is 205 Å². The lowest BCUT2D eigenvalue weighted by molar-refractivity contribution is -0.132. The van der Waals surface area contributed by atoms with Gasteiger partial charge in [0.1, 0.15) is 11.3 Å². The third-order valence-electron chi connectivity index (χ3n) is 5.51. The highest BCUT2D eigenvalue weighted by molar-refractivity contribution is 5.95. The first-order valence-electron chi connectivity index (χ1n) is 12.2. The normalized spacial score (nSPS) is 10.8. The van der Waals surface area contributed by atoms with Crippen LogP contribution in [-0.2, 0) is 4.79 Å². The van der Waals surface area contributed by atoms with Crippen molar-refractivity contribution in [2.24, 2.45) is 0 Å². The van der Waals surface area contributed by atoms with Crippen LogP contribution in [0.2, 0.25) is 0 Å². The molecular formula is C28H32O7. The maximum atomic E-state index is 12.7. The maximum absolute atomic E-state index is 12.7. The van der Waals surface area contributed by atoms with Gasteiger partial charge in [0.15, 0.2) is 5.75 Å². The first-order chi connectivity index (χ1) is 17.0. The Kier molecular flexibility index (Phi) is 9.90. The summed E-state index contributed by atoms with van der Waals surface area (Å²) in [6, 6.07) is 13.2. The summed E-state index contributed by atoms with van der Waals surface area (Å²) in [5, 5.41) is 0.310. The van der Waals surface area contributed by atoms with E-state index in [0.29, 0.717) is 17.7 Å². The number of rotatable bonds is 13. The molecule has 0 aliphatic heterocycles. The summed E-state index contributed by atoms with van der Waals surface area (Å²) in [6.45, 7) is 3.91. The van der Waals surface area contributed by atoms with E-state index in [0.717, 1.165) is 19.8 Å². The molecule has 0 unspecified atom stereocenters. The number of fused-ring (bicyclic) bond motifs is 1. The Hall–Kier alpha value is -3.61. The van der Waals surface area contributed by atoms with Crippen LogP contribution in [0.3, 0.4) is 0 Å². The molecule has 0 saturated carbocycles. The zero-order valence-electron chi connectivity index (χ0n) is 20.3. The number of carbonyl (C=O) groups excluding carboxylic acids is 2. The second kappa shape index (κ2) is 13.3. The fraction of sp³-hybridized carbons (Fsp3) is 0.393. The van der Waals surface area contributed by atoms with Crippen LogP contribution < -0.4 is 19.8 Å². The zero-order valence-corrected chi connectivity index (χ0v) is 20.3. The van der Waals surface area contributed by atoms with E-state index in [1.807, 2.05) is 0 Å². The number of ether oxygens (including phenoxy) is 3. The van der Waals surface area contributed by atoms with Crippen molar-refractivity contribution < 1.29 is 28.2 Å². The molecule has 0 aliphatic rings. The van der Waals surface area contributed by atoms with E-state index in [2.05, 4.69) is 6.92 Å². The van der Waals surface area contributed by atoms with Gasteiger partial charge in [0.2, 0.25) is 0 Å². The topological polar surface area (TPSA) is 92.0 Å². The van der Waals surface area contributed by atoms with Gasteiger partial charge in [0.25, 0.3) is 5.75 Å². The monoisotopic (exact) mass is 480 g/mol. The van der Waals surface area contributed by atoms with Gasteiger partial charge >= 0.3 is 17.6 Å². The second-order valence-electron chi connectivity index (χ2n) is 8.38. The van der Waals surface area contributed by atoms with Crippen molar-refractivity contribution >= 4 is 22.9 Å². The lowest BCUT2D eigenvalue weighted by atomic mass is 10.1.